The van der Waals surface area contributed by atoms with E-state index in [1.807, 2.05) is 0 Å². The second-order valence-electron chi connectivity index (χ2n) is 3.62. The molecule has 0 fully saturated rings. The molecule has 0 heterocycles. The molecule has 0 atom stereocenters. The molecule has 70 valence electrons. The number of hydrogen-bond donors (Lipinski definition) is 0. The number of rotatable bonds is 4. The van der Waals surface area contributed by atoms with Crippen LogP contribution < -0.4 is 0 Å². The summed E-state index contributed by atoms with van der Waals surface area (Å²) < 4.78 is -1.14. The second kappa shape index (κ2) is 4.73. The lowest BCUT2D eigenvalue weighted by molar-refractivity contribution is 0.179. The van der Waals surface area contributed by atoms with Gasteiger partial charge in [0.25, 0.3) is 0 Å². The van der Waals surface area contributed by atoms with Gasteiger partial charge in [-0.05, 0) is 27.7 Å². The van der Waals surface area contributed by atoms with Gasteiger partial charge in [0.1, 0.15) is 7.85 Å². The van der Waals surface area contributed by atoms with Gasteiger partial charge in [0.15, 0.2) is 0 Å². The largest absolute Gasteiger partial charge is 0.296 e. The van der Waals surface area contributed by atoms with Crippen LogP contribution in [-0.4, -0.2) is 35.6 Å². The third kappa shape index (κ3) is 5.29. The van der Waals surface area contributed by atoms with Gasteiger partial charge in [0.05, 0.1) is 4.23 Å². The van der Waals surface area contributed by atoms with Gasteiger partial charge in [-0.3, -0.25) is 4.90 Å². The smallest absolute Gasteiger partial charge is 0.121 e. The average molecular weight is 208 g/mol. The van der Waals surface area contributed by atoms with Crippen LogP contribution in [-0.2, 0) is 0 Å². The van der Waals surface area contributed by atoms with E-state index in [4.69, 9.17) is 31.0 Å². The van der Waals surface area contributed by atoms with Crippen LogP contribution in [0.1, 0.15) is 27.7 Å². The lowest BCUT2D eigenvalue weighted by atomic mass is 10.0. The summed E-state index contributed by atoms with van der Waals surface area (Å²) in [7, 11) is 5.50. The first-order chi connectivity index (χ1) is 5.24. The van der Waals surface area contributed by atoms with Crippen molar-refractivity contribution < 1.29 is 0 Å². The number of alkyl halides is 2. The van der Waals surface area contributed by atoms with Crippen LogP contribution in [0.3, 0.4) is 0 Å². The normalized spacial score (nSPS) is 13.4. The third-order valence-corrected chi connectivity index (χ3v) is 1.96. The molecule has 0 amide bonds. The molecular weight excluding hydrogens is 192 g/mol. The Labute approximate surface area is 86.8 Å². The molecule has 0 rings (SSSR count). The van der Waals surface area contributed by atoms with Crippen molar-refractivity contribution in [2.24, 2.45) is 0 Å². The fourth-order valence-corrected chi connectivity index (χ4v) is 1.48. The highest BCUT2D eigenvalue weighted by molar-refractivity contribution is 6.65. The summed E-state index contributed by atoms with van der Waals surface area (Å²) >= 11 is 11.4. The van der Waals surface area contributed by atoms with E-state index in [1.165, 1.54) is 0 Å². The molecule has 0 aliphatic heterocycles. The monoisotopic (exact) mass is 207 g/mol. The Bertz CT molecular complexity index is 124. The maximum absolute atomic E-state index is 5.72. The molecule has 0 saturated heterocycles. The third-order valence-electron chi connectivity index (χ3n) is 1.72. The topological polar surface area (TPSA) is 3.24 Å². The van der Waals surface area contributed by atoms with Gasteiger partial charge >= 0.3 is 0 Å². The van der Waals surface area contributed by atoms with E-state index < -0.39 is 4.23 Å². The molecule has 4 heteroatoms. The van der Waals surface area contributed by atoms with Crippen LogP contribution in [0.15, 0.2) is 0 Å². The maximum Gasteiger partial charge on any atom is 0.121 e. The molecule has 0 aromatic heterocycles. The van der Waals surface area contributed by atoms with Gasteiger partial charge in [0.2, 0.25) is 0 Å². The van der Waals surface area contributed by atoms with Crippen LogP contribution in [0, 0.1) is 0 Å². The van der Waals surface area contributed by atoms with Crippen LogP contribution in [0.2, 0.25) is 0 Å². The summed E-state index contributed by atoms with van der Waals surface area (Å²) in [6, 6.07) is 0.816. The van der Waals surface area contributed by atoms with Crippen LogP contribution >= 0.6 is 23.2 Å². The summed E-state index contributed by atoms with van der Waals surface area (Å²) in [5.41, 5.74) is 0. The number of halogens is 2. The molecule has 0 aliphatic carbocycles. The van der Waals surface area contributed by atoms with E-state index >= 15 is 0 Å². The van der Waals surface area contributed by atoms with Gasteiger partial charge < -0.3 is 0 Å². The van der Waals surface area contributed by atoms with Crippen molar-refractivity contribution in [1.82, 2.24) is 4.90 Å². The fourth-order valence-electron chi connectivity index (χ4n) is 1.20. The predicted molar refractivity (Wildman–Crippen MR) is 57.2 cm³/mol. The quantitative estimate of drug-likeness (QED) is 0.506. The Hall–Kier alpha value is 0.605. The van der Waals surface area contributed by atoms with E-state index in [-0.39, 0.29) is 0 Å². The van der Waals surface area contributed by atoms with Crippen molar-refractivity contribution >= 4 is 31.0 Å². The molecule has 0 bridgehead atoms. The molecule has 0 aromatic carbocycles. The van der Waals surface area contributed by atoms with Crippen molar-refractivity contribution in [1.29, 1.82) is 0 Å². The van der Waals surface area contributed by atoms with Gasteiger partial charge in [0, 0.05) is 18.6 Å². The SMILES string of the molecule is [B]C(Cl)(Cl)CN(C(C)C)C(C)C. The van der Waals surface area contributed by atoms with E-state index in [1.54, 1.807) is 0 Å². The highest BCUT2D eigenvalue weighted by Crippen LogP contribution is 2.20. The molecule has 0 aliphatic rings. The molecule has 0 N–H and O–H groups in total. The van der Waals surface area contributed by atoms with E-state index in [0.29, 0.717) is 18.6 Å². The highest BCUT2D eigenvalue weighted by Gasteiger charge is 2.23. The van der Waals surface area contributed by atoms with Gasteiger partial charge in [-0.1, -0.05) is 0 Å². The van der Waals surface area contributed by atoms with Crippen molar-refractivity contribution in [3.05, 3.63) is 0 Å². The minimum absolute atomic E-state index is 0.408. The Morgan fingerprint density at radius 1 is 1.17 bits per heavy atom. The number of nitrogens with zero attached hydrogens (tertiary/aromatic N) is 1. The van der Waals surface area contributed by atoms with Gasteiger partial charge in [-0.15, -0.1) is 23.2 Å². The van der Waals surface area contributed by atoms with Crippen molar-refractivity contribution in [3.63, 3.8) is 0 Å². The second-order valence-corrected chi connectivity index (χ2v) is 5.16. The Balaban J connectivity index is 4.15. The van der Waals surface area contributed by atoms with Crippen LogP contribution in [0.25, 0.3) is 0 Å². The fraction of sp³-hybridized carbons (Fsp3) is 1.00. The van der Waals surface area contributed by atoms with Crippen molar-refractivity contribution in [3.8, 4) is 0 Å². The maximum atomic E-state index is 5.72. The van der Waals surface area contributed by atoms with Gasteiger partial charge in [-0.2, -0.15) is 0 Å². The Kier molecular flexibility index (Phi) is 4.97. The predicted octanol–water partition coefficient (Wildman–Crippen LogP) is 2.41. The molecule has 12 heavy (non-hydrogen) atoms. The average Bonchev–Trinajstić information content (AvgIpc) is 1.79. The first-order valence-corrected chi connectivity index (χ1v) is 4.92. The minimum Gasteiger partial charge on any atom is -0.296 e. The Morgan fingerprint density at radius 2 is 1.50 bits per heavy atom. The summed E-state index contributed by atoms with van der Waals surface area (Å²) in [4.78, 5) is 2.15. The summed E-state index contributed by atoms with van der Waals surface area (Å²) in [6.07, 6.45) is 0. The highest BCUT2D eigenvalue weighted by atomic mass is 35.5. The standard InChI is InChI=1S/C8H16BCl2N/c1-6(2)12(7(3)4)5-8(9,10)11/h6-7H,5H2,1-4H3. The molecule has 0 aromatic rings. The number of hydrogen-bond acceptors (Lipinski definition) is 1. The molecule has 0 spiro atoms. The molecule has 0 unspecified atom stereocenters. The van der Waals surface area contributed by atoms with Gasteiger partial charge in [-0.25, -0.2) is 0 Å². The summed E-state index contributed by atoms with van der Waals surface area (Å²) in [6.45, 7) is 8.88. The summed E-state index contributed by atoms with van der Waals surface area (Å²) in [5, 5.41) is 0. The van der Waals surface area contributed by atoms with Crippen LogP contribution in [0.5, 0.6) is 0 Å². The lowest BCUT2D eigenvalue weighted by Gasteiger charge is -2.34. The Morgan fingerprint density at radius 3 is 1.58 bits per heavy atom. The van der Waals surface area contributed by atoms with E-state index in [2.05, 4.69) is 32.6 Å². The molecule has 0 saturated carbocycles. The van der Waals surface area contributed by atoms with Crippen molar-refractivity contribution in [2.75, 3.05) is 6.54 Å². The van der Waals surface area contributed by atoms with E-state index in [0.717, 1.165) is 0 Å². The zero-order valence-electron chi connectivity index (χ0n) is 8.14. The molecule has 2 radical (unpaired) electrons. The molecular formula is C8H16BCl2N. The zero-order chi connectivity index (χ0) is 9.94. The molecule has 1 nitrogen and oxygen atoms in total. The lowest BCUT2D eigenvalue weighted by Crippen LogP contribution is -2.44. The minimum atomic E-state index is -1.14. The zero-order valence-corrected chi connectivity index (χ0v) is 9.65. The van der Waals surface area contributed by atoms with Crippen molar-refractivity contribution in [2.45, 2.75) is 44.0 Å². The first-order valence-electron chi connectivity index (χ1n) is 4.16. The first kappa shape index (κ1) is 12.6. The van der Waals surface area contributed by atoms with Crippen LogP contribution in [0.4, 0.5) is 0 Å². The summed E-state index contributed by atoms with van der Waals surface area (Å²) in [5.74, 6) is 0. The van der Waals surface area contributed by atoms with E-state index in [9.17, 15) is 0 Å².